The van der Waals surface area contributed by atoms with Gasteiger partial charge in [-0.15, -0.1) is 0 Å². The van der Waals surface area contributed by atoms with Gasteiger partial charge in [-0.25, -0.2) is 4.68 Å². The molecule has 0 radical (unpaired) electrons. The van der Waals surface area contributed by atoms with Crippen molar-refractivity contribution in [3.63, 3.8) is 0 Å². The van der Waals surface area contributed by atoms with Crippen molar-refractivity contribution in [2.24, 2.45) is 7.05 Å². The van der Waals surface area contributed by atoms with Crippen LogP contribution in [0.25, 0.3) is 0 Å². The number of hydrogen-bond donors (Lipinski definition) is 2. The number of hydrogen-bond acceptors (Lipinski definition) is 4. The smallest absolute Gasteiger partial charge is 0.325 e. The van der Waals surface area contributed by atoms with Crippen LogP contribution in [0.2, 0.25) is 0 Å². The monoisotopic (exact) mass is 263 g/mol. The van der Waals surface area contributed by atoms with E-state index >= 15 is 0 Å². The van der Waals surface area contributed by atoms with E-state index in [4.69, 9.17) is 5.11 Å². The van der Waals surface area contributed by atoms with Gasteiger partial charge in [0.2, 0.25) is 0 Å². The van der Waals surface area contributed by atoms with Gasteiger partial charge in [0.05, 0.1) is 5.69 Å². The molecule has 2 N–H and O–H groups in total. The molecule has 0 bridgehead atoms. The predicted octanol–water partition coefficient (Wildman–Crippen LogP) is 0.262. The first-order chi connectivity index (χ1) is 8.97. The Morgan fingerprint density at radius 3 is 2.79 bits per heavy atom. The van der Waals surface area contributed by atoms with Gasteiger partial charge in [-0.1, -0.05) is 0 Å². The van der Waals surface area contributed by atoms with Crippen molar-refractivity contribution < 1.29 is 14.7 Å². The highest BCUT2D eigenvalue weighted by molar-refractivity contribution is 6.02. The van der Waals surface area contributed by atoms with E-state index in [1.807, 2.05) is 6.92 Å². The van der Waals surface area contributed by atoms with Crippen molar-refractivity contribution in [3.05, 3.63) is 29.7 Å². The van der Waals surface area contributed by atoms with Crippen molar-refractivity contribution in [1.29, 1.82) is 0 Å². The largest absolute Gasteiger partial charge is 0.480 e. The van der Waals surface area contributed by atoms with Crippen LogP contribution in [-0.4, -0.2) is 36.5 Å². The number of carboxylic acids is 1. The summed E-state index contributed by atoms with van der Waals surface area (Å²) in [6.07, 6.45) is 1.38. The summed E-state index contributed by atoms with van der Waals surface area (Å²) in [6.45, 7) is 1.45. The van der Waals surface area contributed by atoms with Crippen molar-refractivity contribution in [2.45, 2.75) is 13.5 Å². The van der Waals surface area contributed by atoms with Gasteiger partial charge in [-0.05, 0) is 13.0 Å². The maximum absolute atomic E-state index is 12.0. The number of rotatable bonds is 4. The fourth-order valence-electron chi connectivity index (χ4n) is 1.69. The minimum atomic E-state index is -1.06. The summed E-state index contributed by atoms with van der Waals surface area (Å²) >= 11 is 0. The molecule has 1 amide bonds. The molecule has 0 spiro atoms. The van der Waals surface area contributed by atoms with Crippen LogP contribution in [0.5, 0.6) is 0 Å². The number of nitrogens with one attached hydrogen (secondary N) is 1. The normalized spacial score (nSPS) is 10.4. The zero-order chi connectivity index (χ0) is 14.0. The molecule has 0 fully saturated rings. The quantitative estimate of drug-likeness (QED) is 0.823. The third-order valence-corrected chi connectivity index (χ3v) is 2.48. The molecule has 0 aliphatic carbocycles. The molecule has 19 heavy (non-hydrogen) atoms. The van der Waals surface area contributed by atoms with Crippen LogP contribution in [0.4, 0.5) is 5.82 Å². The van der Waals surface area contributed by atoms with Crippen LogP contribution < -0.4 is 5.32 Å². The Kier molecular flexibility index (Phi) is 3.32. The molecular formula is C11H13N5O3. The number of aryl methyl sites for hydroxylation is 2. The molecule has 0 saturated heterocycles. The van der Waals surface area contributed by atoms with E-state index in [0.29, 0.717) is 5.82 Å². The lowest BCUT2D eigenvalue weighted by molar-refractivity contribution is -0.137. The van der Waals surface area contributed by atoms with Gasteiger partial charge in [-0.3, -0.25) is 14.3 Å². The van der Waals surface area contributed by atoms with Crippen LogP contribution >= 0.6 is 0 Å². The maximum atomic E-state index is 12.0. The Balaban J connectivity index is 2.18. The number of carboxylic acid groups (broad SMARTS) is 1. The molecule has 0 aromatic carbocycles. The minimum Gasteiger partial charge on any atom is -0.480 e. The molecule has 0 aliphatic rings. The summed E-state index contributed by atoms with van der Waals surface area (Å²) in [4.78, 5) is 22.7. The first-order valence-corrected chi connectivity index (χ1v) is 5.53. The van der Waals surface area contributed by atoms with Gasteiger partial charge < -0.3 is 10.4 Å². The predicted molar refractivity (Wildman–Crippen MR) is 65.8 cm³/mol. The Hall–Kier alpha value is -2.64. The van der Waals surface area contributed by atoms with E-state index in [1.165, 1.54) is 16.9 Å². The second kappa shape index (κ2) is 4.92. The zero-order valence-electron chi connectivity index (χ0n) is 10.5. The number of aliphatic carboxylic acids is 1. The molecule has 0 unspecified atom stereocenters. The summed E-state index contributed by atoms with van der Waals surface area (Å²) in [7, 11) is 1.71. The van der Waals surface area contributed by atoms with E-state index in [-0.39, 0.29) is 12.2 Å². The molecule has 0 saturated carbocycles. The summed E-state index contributed by atoms with van der Waals surface area (Å²) in [5.41, 5.74) is 0.957. The number of nitrogens with zero attached hydrogens (tertiary/aromatic N) is 4. The van der Waals surface area contributed by atoms with Crippen LogP contribution in [-0.2, 0) is 18.4 Å². The van der Waals surface area contributed by atoms with Gasteiger partial charge >= 0.3 is 5.97 Å². The molecule has 2 aromatic rings. The number of carbonyl (C=O) groups excluding carboxylic acids is 1. The molecule has 2 heterocycles. The molecule has 0 aliphatic heterocycles. The minimum absolute atomic E-state index is 0.182. The average Bonchev–Trinajstić information content (AvgIpc) is 2.85. The highest BCUT2D eigenvalue weighted by Crippen LogP contribution is 2.10. The first-order valence-electron chi connectivity index (χ1n) is 5.53. The summed E-state index contributed by atoms with van der Waals surface area (Å²) in [5.74, 6) is -0.957. The van der Waals surface area contributed by atoms with Gasteiger partial charge in [0.25, 0.3) is 5.91 Å². The Morgan fingerprint density at radius 1 is 1.47 bits per heavy atom. The summed E-state index contributed by atoms with van der Waals surface area (Å²) in [6, 6.07) is 3.18. The average molecular weight is 263 g/mol. The van der Waals surface area contributed by atoms with Crippen molar-refractivity contribution in [2.75, 3.05) is 5.32 Å². The molecular weight excluding hydrogens is 250 g/mol. The standard InChI is InChI=1S/C11H13N5O3/c1-7-5-9(15(2)14-7)13-11(19)8-3-4-12-16(8)6-10(17)18/h3-5H,6H2,1-2H3,(H,13,19)(H,17,18). The van der Waals surface area contributed by atoms with Gasteiger partial charge in [0.15, 0.2) is 0 Å². The second-order valence-corrected chi connectivity index (χ2v) is 4.02. The lowest BCUT2D eigenvalue weighted by atomic mass is 10.4. The fourth-order valence-corrected chi connectivity index (χ4v) is 1.69. The van der Waals surface area contributed by atoms with E-state index in [1.54, 1.807) is 13.1 Å². The lowest BCUT2D eigenvalue weighted by Crippen LogP contribution is -2.21. The van der Waals surface area contributed by atoms with Crippen LogP contribution in [0, 0.1) is 6.92 Å². The van der Waals surface area contributed by atoms with E-state index in [0.717, 1.165) is 10.4 Å². The third-order valence-electron chi connectivity index (χ3n) is 2.48. The molecule has 100 valence electrons. The van der Waals surface area contributed by atoms with Crippen LogP contribution in [0.1, 0.15) is 16.2 Å². The van der Waals surface area contributed by atoms with Gasteiger partial charge in [0.1, 0.15) is 18.1 Å². The highest BCUT2D eigenvalue weighted by atomic mass is 16.4. The number of anilines is 1. The number of carbonyl (C=O) groups is 2. The molecule has 8 heteroatoms. The third kappa shape index (κ3) is 2.79. The topological polar surface area (TPSA) is 102 Å². The number of aromatic nitrogens is 4. The van der Waals surface area contributed by atoms with Gasteiger partial charge in [-0.2, -0.15) is 10.2 Å². The van der Waals surface area contributed by atoms with Crippen molar-refractivity contribution in [1.82, 2.24) is 19.6 Å². The Bertz CT molecular complexity index is 628. The highest BCUT2D eigenvalue weighted by Gasteiger charge is 2.15. The first kappa shape index (κ1) is 12.8. The molecule has 0 atom stereocenters. The maximum Gasteiger partial charge on any atom is 0.325 e. The van der Waals surface area contributed by atoms with Crippen LogP contribution in [0.15, 0.2) is 18.3 Å². The Labute approximate surface area is 108 Å². The molecule has 8 nitrogen and oxygen atoms in total. The molecule has 2 aromatic heterocycles. The molecule has 2 rings (SSSR count). The SMILES string of the molecule is Cc1cc(NC(=O)c2ccnn2CC(=O)O)n(C)n1. The Morgan fingerprint density at radius 2 is 2.21 bits per heavy atom. The summed E-state index contributed by atoms with van der Waals surface area (Å²) < 4.78 is 2.66. The van der Waals surface area contributed by atoms with Gasteiger partial charge in [0, 0.05) is 19.3 Å². The second-order valence-electron chi connectivity index (χ2n) is 4.02. The van der Waals surface area contributed by atoms with E-state index in [9.17, 15) is 9.59 Å². The lowest BCUT2D eigenvalue weighted by Gasteiger charge is -2.06. The fraction of sp³-hybridized carbons (Fsp3) is 0.273. The zero-order valence-corrected chi connectivity index (χ0v) is 10.5. The van der Waals surface area contributed by atoms with Crippen LogP contribution in [0.3, 0.4) is 0 Å². The number of amides is 1. The summed E-state index contributed by atoms with van der Waals surface area (Å²) in [5, 5.41) is 19.3. The van der Waals surface area contributed by atoms with Crippen molar-refractivity contribution in [3.8, 4) is 0 Å². The van der Waals surface area contributed by atoms with E-state index < -0.39 is 11.9 Å². The van der Waals surface area contributed by atoms with E-state index in [2.05, 4.69) is 15.5 Å². The van der Waals surface area contributed by atoms with Crippen molar-refractivity contribution >= 4 is 17.7 Å².